The third-order valence-electron chi connectivity index (χ3n) is 11.4. The van der Waals surface area contributed by atoms with E-state index in [1.165, 1.54) is 22.3 Å². The molecule has 0 fully saturated rings. The number of para-hydroxylation sites is 3. The van der Waals surface area contributed by atoms with Crippen LogP contribution < -0.4 is 14.5 Å². The summed E-state index contributed by atoms with van der Waals surface area (Å²) in [6.07, 6.45) is 1.91. The molecule has 5 nitrogen and oxygen atoms in total. The molecule has 0 atom stereocenters. The van der Waals surface area contributed by atoms with Gasteiger partial charge in [-0.05, 0) is 74.7 Å². The van der Waals surface area contributed by atoms with Gasteiger partial charge in [-0.2, -0.15) is 6.07 Å². The van der Waals surface area contributed by atoms with E-state index in [9.17, 15) is 0 Å². The van der Waals surface area contributed by atoms with Crippen LogP contribution in [0.2, 0.25) is 0 Å². The second-order valence-electron chi connectivity index (χ2n) is 18.7. The standard InChI is InChI=1S/C54H51N4O.Pt/c1-52(2,3)37-28-29-55-50(32-37)58-45-22-14-13-20-42(45)43-27-26-40(34-49(43)58)59-41-31-38(53(4,5)6)30-39(33-41)56-35-57(47-24-16-15-23-46(47)56)48-25-17-21-44(54(7,8)9)51(48)36-18-11-10-12-19-36;/h10-32,35H,1-9H3;/q-3;. The van der Waals surface area contributed by atoms with Crippen LogP contribution in [0.25, 0.3) is 38.8 Å². The molecule has 0 saturated heterocycles. The van der Waals surface area contributed by atoms with Crippen LogP contribution >= 0.6 is 0 Å². The van der Waals surface area contributed by atoms with E-state index in [1.807, 2.05) is 12.3 Å². The van der Waals surface area contributed by atoms with Gasteiger partial charge < -0.3 is 19.1 Å². The quantitative estimate of drug-likeness (QED) is 0.156. The van der Waals surface area contributed by atoms with Crippen LogP contribution in [0.3, 0.4) is 0 Å². The maximum absolute atomic E-state index is 6.82. The first-order chi connectivity index (χ1) is 28.1. The summed E-state index contributed by atoms with van der Waals surface area (Å²) in [5, 5.41) is 2.24. The number of aromatic nitrogens is 2. The second kappa shape index (κ2) is 15.4. The van der Waals surface area contributed by atoms with Crippen molar-refractivity contribution in [3.63, 3.8) is 0 Å². The fourth-order valence-electron chi connectivity index (χ4n) is 8.21. The predicted octanol–water partition coefficient (Wildman–Crippen LogP) is 14.5. The number of pyridine rings is 1. The molecule has 1 aliphatic rings. The summed E-state index contributed by atoms with van der Waals surface area (Å²) in [7, 11) is 0. The minimum absolute atomic E-state index is 0. The third kappa shape index (κ3) is 7.54. The molecule has 0 saturated carbocycles. The number of hydrogen-bond acceptors (Lipinski definition) is 4. The van der Waals surface area contributed by atoms with Crippen LogP contribution in [-0.4, -0.2) is 9.55 Å². The van der Waals surface area contributed by atoms with Crippen molar-refractivity contribution in [3.8, 4) is 28.4 Å². The molecule has 0 spiro atoms. The van der Waals surface area contributed by atoms with E-state index < -0.39 is 0 Å². The van der Waals surface area contributed by atoms with Crippen molar-refractivity contribution in [1.82, 2.24) is 9.55 Å². The summed E-state index contributed by atoms with van der Waals surface area (Å²) < 4.78 is 9.02. The summed E-state index contributed by atoms with van der Waals surface area (Å²) in [6.45, 7) is 22.5. The van der Waals surface area contributed by atoms with Crippen molar-refractivity contribution < 1.29 is 25.8 Å². The van der Waals surface area contributed by atoms with E-state index in [-0.39, 0.29) is 37.3 Å². The van der Waals surface area contributed by atoms with Gasteiger partial charge in [0.1, 0.15) is 5.82 Å². The Balaban J connectivity index is 0.00000499. The van der Waals surface area contributed by atoms with Gasteiger partial charge in [0, 0.05) is 66.9 Å². The molecule has 3 heterocycles. The Labute approximate surface area is 369 Å². The Hall–Kier alpha value is -5.64. The summed E-state index contributed by atoms with van der Waals surface area (Å²) in [4.78, 5) is 9.44. The molecule has 6 aromatic carbocycles. The van der Waals surface area contributed by atoms with Gasteiger partial charge in [0.05, 0.1) is 0 Å². The van der Waals surface area contributed by atoms with E-state index in [4.69, 9.17) is 9.72 Å². The van der Waals surface area contributed by atoms with Crippen LogP contribution in [0.15, 0.2) is 140 Å². The number of ether oxygens (including phenoxy) is 1. The van der Waals surface area contributed by atoms with Gasteiger partial charge in [0.2, 0.25) is 0 Å². The summed E-state index contributed by atoms with van der Waals surface area (Å²) in [5.41, 5.74) is 12.0. The van der Waals surface area contributed by atoms with Crippen LogP contribution in [0.5, 0.6) is 11.5 Å². The normalized spacial score (nSPS) is 13.2. The van der Waals surface area contributed by atoms with Gasteiger partial charge in [-0.25, -0.2) is 4.98 Å². The van der Waals surface area contributed by atoms with Gasteiger partial charge >= 0.3 is 0 Å². The molecule has 0 bridgehead atoms. The summed E-state index contributed by atoms with van der Waals surface area (Å²) >= 11 is 0. The molecule has 1 aliphatic heterocycles. The predicted molar refractivity (Wildman–Crippen MR) is 246 cm³/mol. The zero-order valence-electron chi connectivity index (χ0n) is 35.9. The Morgan fingerprint density at radius 1 is 0.550 bits per heavy atom. The summed E-state index contributed by atoms with van der Waals surface area (Å²) in [6, 6.07) is 54.7. The first-order valence-corrected chi connectivity index (χ1v) is 20.5. The fourth-order valence-corrected chi connectivity index (χ4v) is 8.21. The van der Waals surface area contributed by atoms with Crippen molar-refractivity contribution in [3.05, 3.63) is 175 Å². The van der Waals surface area contributed by atoms with Crippen LogP contribution in [0.1, 0.15) is 79.0 Å². The molecular formula is C54H51N4OPt-3. The molecule has 0 N–H and O–H groups in total. The van der Waals surface area contributed by atoms with Crippen LogP contribution in [-0.2, 0) is 37.3 Å². The molecule has 306 valence electrons. The van der Waals surface area contributed by atoms with E-state index in [0.717, 1.165) is 55.9 Å². The molecular weight excluding hydrogens is 916 g/mol. The van der Waals surface area contributed by atoms with Gasteiger partial charge in [0.25, 0.3) is 0 Å². The zero-order valence-corrected chi connectivity index (χ0v) is 38.1. The zero-order chi connectivity index (χ0) is 41.3. The summed E-state index contributed by atoms with van der Waals surface area (Å²) in [5.74, 6) is 2.10. The molecule has 6 heteroatoms. The monoisotopic (exact) mass is 966 g/mol. The van der Waals surface area contributed by atoms with Crippen molar-refractivity contribution in [2.75, 3.05) is 9.80 Å². The smallest absolute Gasteiger partial charge is 0.135 e. The number of benzene rings is 6. The molecule has 0 aliphatic carbocycles. The van der Waals surface area contributed by atoms with Crippen LogP contribution in [0.4, 0.5) is 22.7 Å². The molecule has 0 radical (unpaired) electrons. The molecule has 2 aromatic heterocycles. The molecule has 0 unspecified atom stereocenters. The van der Waals surface area contributed by atoms with Crippen molar-refractivity contribution in [2.45, 2.75) is 78.6 Å². The van der Waals surface area contributed by atoms with Crippen molar-refractivity contribution in [1.29, 1.82) is 0 Å². The Morgan fingerprint density at radius 3 is 1.93 bits per heavy atom. The van der Waals surface area contributed by atoms with Crippen molar-refractivity contribution in [2.24, 2.45) is 0 Å². The van der Waals surface area contributed by atoms with Gasteiger partial charge in [-0.3, -0.25) is 0 Å². The Kier molecular flexibility index (Phi) is 10.6. The van der Waals surface area contributed by atoms with E-state index >= 15 is 0 Å². The first kappa shape index (κ1) is 41.1. The molecule has 0 amide bonds. The Bertz CT molecular complexity index is 2860. The largest absolute Gasteiger partial charge is 0.509 e. The van der Waals surface area contributed by atoms with Crippen LogP contribution in [0, 0.1) is 18.8 Å². The van der Waals surface area contributed by atoms with E-state index in [1.54, 1.807) is 0 Å². The average Bonchev–Trinajstić information content (AvgIpc) is 3.76. The van der Waals surface area contributed by atoms with Gasteiger partial charge in [0.15, 0.2) is 0 Å². The molecule has 60 heavy (non-hydrogen) atoms. The maximum atomic E-state index is 6.82. The second-order valence-corrected chi connectivity index (χ2v) is 18.7. The van der Waals surface area contributed by atoms with E-state index in [2.05, 4.69) is 223 Å². The topological polar surface area (TPSA) is 33.5 Å². The van der Waals surface area contributed by atoms with Gasteiger partial charge in [-0.1, -0.05) is 141 Å². The first-order valence-electron chi connectivity index (χ1n) is 20.5. The minimum atomic E-state index is -0.160. The maximum Gasteiger partial charge on any atom is 0.135 e. The minimum Gasteiger partial charge on any atom is -0.509 e. The Morgan fingerprint density at radius 2 is 1.22 bits per heavy atom. The number of hydrogen-bond donors (Lipinski definition) is 0. The number of anilines is 4. The molecule has 8 aromatic rings. The molecule has 9 rings (SSSR count). The number of fused-ring (bicyclic) bond motifs is 4. The number of nitrogens with zero attached hydrogens (tertiary/aromatic N) is 4. The van der Waals surface area contributed by atoms with E-state index in [0.29, 0.717) is 11.5 Å². The number of rotatable bonds is 6. The van der Waals surface area contributed by atoms with Gasteiger partial charge in [-0.15, -0.1) is 53.6 Å². The SMILES string of the molecule is CC(C)(C)c1cc(Oc2[c-]c3c(cc2)c2ccccc2n3-c2cc(C(C)(C)C)ccn2)[c-]c(N2[CH-]N(c3cccc(C(C)(C)C)c3-c3ccccc3)c3ccccc32)c1.[Pt]. The van der Waals surface area contributed by atoms with Crippen molar-refractivity contribution >= 4 is 44.6 Å². The fraction of sp³-hybridized carbons (Fsp3) is 0.222. The third-order valence-corrected chi connectivity index (χ3v) is 11.4. The average molecular weight is 967 g/mol.